The average molecular weight is 540 g/mol. The number of rotatable bonds is 10. The van der Waals surface area contributed by atoms with E-state index in [9.17, 15) is 18.0 Å². The standard InChI is InChI=1S/C28H29NO8S/c1-18(2)19-8-12-22(13-9-19)38(32,33)29-28(31)27(21-10-14-24-25(16-21)36-17-35-24)37-23-7-5-4-6-20(23)11-15-26(30)34-3/h4-10,12-14,16,18,27H,11,15,17H2,1-3H3,(H,29,31). The largest absolute Gasteiger partial charge is 0.475 e. The van der Waals surface area contributed by atoms with Crippen LogP contribution in [0, 0.1) is 0 Å². The van der Waals surface area contributed by atoms with E-state index in [1.54, 1.807) is 54.6 Å². The quantitative estimate of drug-likeness (QED) is 0.380. The lowest BCUT2D eigenvalue weighted by Gasteiger charge is -2.21. The molecule has 3 aromatic carbocycles. The molecule has 0 radical (unpaired) electrons. The fraction of sp³-hybridized carbons (Fsp3) is 0.286. The van der Waals surface area contributed by atoms with Gasteiger partial charge in [0.1, 0.15) is 5.75 Å². The zero-order valence-electron chi connectivity index (χ0n) is 21.3. The number of para-hydroxylation sites is 1. The second kappa shape index (κ2) is 11.6. The van der Waals surface area contributed by atoms with Crippen molar-refractivity contribution in [1.29, 1.82) is 0 Å². The van der Waals surface area contributed by atoms with Gasteiger partial charge in [0.15, 0.2) is 11.5 Å². The zero-order chi connectivity index (χ0) is 27.3. The summed E-state index contributed by atoms with van der Waals surface area (Å²) in [4.78, 5) is 25.1. The van der Waals surface area contributed by atoms with Crippen LogP contribution in [0.4, 0.5) is 0 Å². The van der Waals surface area contributed by atoms with Gasteiger partial charge in [0.2, 0.25) is 12.9 Å². The van der Waals surface area contributed by atoms with Crippen molar-refractivity contribution in [3.8, 4) is 17.2 Å². The number of hydrogen-bond acceptors (Lipinski definition) is 8. The summed E-state index contributed by atoms with van der Waals surface area (Å²) in [5.41, 5.74) is 1.99. The van der Waals surface area contributed by atoms with E-state index in [1.165, 1.54) is 19.2 Å². The molecule has 10 heteroatoms. The normalized spacial score (nSPS) is 13.2. The van der Waals surface area contributed by atoms with E-state index in [2.05, 4.69) is 4.72 Å². The molecule has 0 bridgehead atoms. The monoisotopic (exact) mass is 539 g/mol. The molecule has 1 heterocycles. The van der Waals surface area contributed by atoms with E-state index in [4.69, 9.17) is 18.9 Å². The third kappa shape index (κ3) is 6.25. The van der Waals surface area contributed by atoms with E-state index in [-0.39, 0.29) is 30.0 Å². The number of amides is 1. The summed E-state index contributed by atoms with van der Waals surface area (Å²) < 4.78 is 50.0. The molecule has 1 aliphatic rings. The van der Waals surface area contributed by atoms with Gasteiger partial charge >= 0.3 is 5.97 Å². The summed E-state index contributed by atoms with van der Waals surface area (Å²) in [7, 11) is -2.88. The summed E-state index contributed by atoms with van der Waals surface area (Å²) >= 11 is 0. The van der Waals surface area contributed by atoms with Crippen molar-refractivity contribution in [2.45, 2.75) is 43.6 Å². The van der Waals surface area contributed by atoms with Gasteiger partial charge in [0.05, 0.1) is 12.0 Å². The molecule has 200 valence electrons. The van der Waals surface area contributed by atoms with Crippen LogP contribution in [-0.4, -0.2) is 34.2 Å². The Kier molecular flexibility index (Phi) is 8.21. The second-order valence-electron chi connectivity index (χ2n) is 8.99. The average Bonchev–Trinajstić information content (AvgIpc) is 3.38. The van der Waals surface area contributed by atoms with Gasteiger partial charge in [-0.25, -0.2) is 13.1 Å². The van der Waals surface area contributed by atoms with Gasteiger partial charge in [0, 0.05) is 12.0 Å². The molecule has 38 heavy (non-hydrogen) atoms. The van der Waals surface area contributed by atoms with E-state index in [0.717, 1.165) is 5.56 Å². The predicted molar refractivity (Wildman–Crippen MR) is 139 cm³/mol. The minimum atomic E-state index is -4.19. The maximum Gasteiger partial charge on any atom is 0.305 e. The van der Waals surface area contributed by atoms with Crippen LogP contribution in [0.15, 0.2) is 71.6 Å². The number of sulfonamides is 1. The summed E-state index contributed by atoms with van der Waals surface area (Å²) in [6.45, 7) is 4.04. The second-order valence-corrected chi connectivity index (χ2v) is 10.7. The van der Waals surface area contributed by atoms with Crippen LogP contribution in [0.25, 0.3) is 0 Å². The molecule has 0 aliphatic carbocycles. The van der Waals surface area contributed by atoms with Gasteiger partial charge in [-0.1, -0.05) is 50.2 Å². The number of nitrogens with one attached hydrogen (secondary N) is 1. The first-order chi connectivity index (χ1) is 18.2. The Morgan fingerprint density at radius 1 is 0.947 bits per heavy atom. The van der Waals surface area contributed by atoms with E-state index >= 15 is 0 Å². The minimum absolute atomic E-state index is 0.0353. The molecule has 0 fully saturated rings. The number of aryl methyl sites for hydroxylation is 1. The summed E-state index contributed by atoms with van der Waals surface area (Å²) in [6, 6.07) is 18.1. The number of hydrogen-bond donors (Lipinski definition) is 1. The van der Waals surface area contributed by atoms with Crippen molar-refractivity contribution >= 4 is 21.9 Å². The number of ether oxygens (including phenoxy) is 4. The fourth-order valence-corrected chi connectivity index (χ4v) is 4.90. The molecule has 1 N–H and O–H groups in total. The highest BCUT2D eigenvalue weighted by Crippen LogP contribution is 2.36. The summed E-state index contributed by atoms with van der Waals surface area (Å²) in [6.07, 6.45) is -0.939. The van der Waals surface area contributed by atoms with Crippen molar-refractivity contribution < 1.29 is 37.0 Å². The summed E-state index contributed by atoms with van der Waals surface area (Å²) in [5, 5.41) is 0. The number of fused-ring (bicyclic) bond motifs is 1. The molecule has 0 aromatic heterocycles. The Bertz CT molecular complexity index is 1420. The number of methoxy groups -OCH3 is 1. The Morgan fingerprint density at radius 2 is 1.63 bits per heavy atom. The Labute approximate surface area is 221 Å². The third-order valence-electron chi connectivity index (χ3n) is 6.07. The first-order valence-electron chi connectivity index (χ1n) is 12.1. The lowest BCUT2D eigenvalue weighted by atomic mass is 10.0. The maximum atomic E-state index is 13.5. The van der Waals surface area contributed by atoms with Crippen LogP contribution in [-0.2, 0) is 30.8 Å². The van der Waals surface area contributed by atoms with Crippen molar-refractivity contribution in [2.24, 2.45) is 0 Å². The molecular weight excluding hydrogens is 510 g/mol. The van der Waals surface area contributed by atoms with E-state index < -0.39 is 22.0 Å². The highest BCUT2D eigenvalue weighted by Gasteiger charge is 2.30. The minimum Gasteiger partial charge on any atom is -0.475 e. The SMILES string of the molecule is COC(=O)CCc1ccccc1OC(C(=O)NS(=O)(=O)c1ccc(C(C)C)cc1)c1ccc2c(c1)OCO2. The van der Waals surface area contributed by atoms with Gasteiger partial charge in [-0.05, 0) is 53.8 Å². The van der Waals surface area contributed by atoms with Crippen molar-refractivity contribution in [3.63, 3.8) is 0 Å². The van der Waals surface area contributed by atoms with Crippen LogP contribution < -0.4 is 18.9 Å². The van der Waals surface area contributed by atoms with Gasteiger partial charge in [-0.15, -0.1) is 0 Å². The molecule has 1 aliphatic heterocycles. The number of esters is 1. The molecule has 1 atom stereocenters. The highest BCUT2D eigenvalue weighted by atomic mass is 32.2. The van der Waals surface area contributed by atoms with Gasteiger partial charge in [-0.3, -0.25) is 9.59 Å². The molecule has 0 spiro atoms. The fourth-order valence-electron chi connectivity index (χ4n) is 3.92. The Morgan fingerprint density at radius 3 is 2.34 bits per heavy atom. The van der Waals surface area contributed by atoms with Crippen molar-refractivity contribution in [2.75, 3.05) is 13.9 Å². The number of carbonyl (C=O) groups excluding carboxylic acids is 2. The van der Waals surface area contributed by atoms with Gasteiger partial charge in [-0.2, -0.15) is 0 Å². The molecule has 0 saturated carbocycles. The Balaban J connectivity index is 1.64. The zero-order valence-corrected chi connectivity index (χ0v) is 22.1. The highest BCUT2D eigenvalue weighted by molar-refractivity contribution is 7.90. The van der Waals surface area contributed by atoms with Crippen LogP contribution in [0.1, 0.15) is 49.0 Å². The first kappa shape index (κ1) is 27.0. The van der Waals surface area contributed by atoms with Crippen LogP contribution in [0.2, 0.25) is 0 Å². The molecule has 1 unspecified atom stereocenters. The Hall–Kier alpha value is -4.05. The van der Waals surface area contributed by atoms with Crippen molar-refractivity contribution in [1.82, 2.24) is 4.72 Å². The van der Waals surface area contributed by atoms with E-state index in [0.29, 0.717) is 34.8 Å². The maximum absolute atomic E-state index is 13.5. The van der Waals surface area contributed by atoms with Gasteiger partial charge < -0.3 is 18.9 Å². The molecule has 3 aromatic rings. The van der Waals surface area contributed by atoms with Gasteiger partial charge in [0.25, 0.3) is 15.9 Å². The lowest BCUT2D eigenvalue weighted by Crippen LogP contribution is -2.37. The first-order valence-corrected chi connectivity index (χ1v) is 13.5. The lowest BCUT2D eigenvalue weighted by molar-refractivity contribution is -0.140. The number of benzene rings is 3. The van der Waals surface area contributed by atoms with E-state index in [1.807, 2.05) is 13.8 Å². The van der Waals surface area contributed by atoms with Crippen LogP contribution >= 0.6 is 0 Å². The molecular formula is C28H29NO8S. The summed E-state index contributed by atoms with van der Waals surface area (Å²) in [5.74, 6) is 0.190. The molecule has 9 nitrogen and oxygen atoms in total. The van der Waals surface area contributed by atoms with Crippen LogP contribution in [0.5, 0.6) is 17.2 Å². The molecule has 1 amide bonds. The topological polar surface area (TPSA) is 117 Å². The molecule has 0 saturated heterocycles. The van der Waals surface area contributed by atoms with Crippen LogP contribution in [0.3, 0.4) is 0 Å². The predicted octanol–water partition coefficient (Wildman–Crippen LogP) is 4.27. The number of carbonyl (C=O) groups is 2. The molecule has 4 rings (SSSR count). The third-order valence-corrected chi connectivity index (χ3v) is 7.44. The smallest absolute Gasteiger partial charge is 0.305 e. The van der Waals surface area contributed by atoms with Crippen molar-refractivity contribution in [3.05, 3.63) is 83.4 Å².